The standard InChI is InChI=1S/C13H24O4/c1-6-9(7-2)17-11(15)8-10(14)12(16)13(3,4)5/h9-10,14H,6-8H2,1-5H3/t10-/m0/s1. The molecule has 0 radical (unpaired) electrons. The van der Waals surface area contributed by atoms with E-state index < -0.39 is 17.5 Å². The van der Waals surface area contributed by atoms with Crippen LogP contribution in [0.4, 0.5) is 0 Å². The monoisotopic (exact) mass is 244 g/mol. The van der Waals surface area contributed by atoms with Crippen molar-refractivity contribution in [1.82, 2.24) is 0 Å². The molecule has 4 heteroatoms. The summed E-state index contributed by atoms with van der Waals surface area (Å²) in [5.41, 5.74) is -0.644. The van der Waals surface area contributed by atoms with Gasteiger partial charge in [0.05, 0.1) is 6.42 Å². The highest BCUT2D eigenvalue weighted by Gasteiger charge is 2.30. The maximum atomic E-state index is 11.7. The lowest BCUT2D eigenvalue weighted by atomic mass is 9.87. The van der Waals surface area contributed by atoms with E-state index in [-0.39, 0.29) is 18.3 Å². The lowest BCUT2D eigenvalue weighted by Crippen LogP contribution is -2.35. The van der Waals surface area contributed by atoms with Crippen molar-refractivity contribution in [3.8, 4) is 0 Å². The van der Waals surface area contributed by atoms with Crippen LogP contribution in [0.1, 0.15) is 53.9 Å². The number of aliphatic hydroxyl groups excluding tert-OH is 1. The molecular formula is C13H24O4. The molecule has 0 unspecified atom stereocenters. The molecular weight excluding hydrogens is 220 g/mol. The van der Waals surface area contributed by atoms with Gasteiger partial charge in [0.1, 0.15) is 12.2 Å². The second-order valence-electron chi connectivity index (χ2n) is 5.26. The van der Waals surface area contributed by atoms with Gasteiger partial charge in [-0.3, -0.25) is 9.59 Å². The topological polar surface area (TPSA) is 63.6 Å². The largest absolute Gasteiger partial charge is 0.462 e. The molecule has 0 aromatic rings. The molecule has 0 fully saturated rings. The molecule has 0 aliphatic heterocycles. The smallest absolute Gasteiger partial charge is 0.309 e. The zero-order valence-electron chi connectivity index (χ0n) is 11.4. The average molecular weight is 244 g/mol. The Kier molecular flexibility index (Phi) is 6.39. The summed E-state index contributed by atoms with van der Waals surface area (Å²) < 4.78 is 5.13. The first-order valence-electron chi connectivity index (χ1n) is 6.14. The zero-order valence-corrected chi connectivity index (χ0v) is 11.4. The fourth-order valence-corrected chi connectivity index (χ4v) is 1.44. The van der Waals surface area contributed by atoms with E-state index in [9.17, 15) is 14.7 Å². The summed E-state index contributed by atoms with van der Waals surface area (Å²) in [6.07, 6.45) is -0.166. The number of ketones is 1. The predicted molar refractivity (Wildman–Crippen MR) is 65.5 cm³/mol. The Morgan fingerprint density at radius 1 is 1.18 bits per heavy atom. The third-order valence-electron chi connectivity index (χ3n) is 2.61. The van der Waals surface area contributed by atoms with Crippen molar-refractivity contribution in [3.05, 3.63) is 0 Å². The van der Waals surface area contributed by atoms with E-state index in [0.29, 0.717) is 0 Å². The van der Waals surface area contributed by atoms with Crippen LogP contribution in [0, 0.1) is 5.41 Å². The Hall–Kier alpha value is -0.900. The molecule has 0 amide bonds. The van der Waals surface area contributed by atoms with Crippen LogP contribution in [0.15, 0.2) is 0 Å². The van der Waals surface area contributed by atoms with Gasteiger partial charge in [-0.05, 0) is 12.8 Å². The number of hydrogen-bond donors (Lipinski definition) is 1. The maximum absolute atomic E-state index is 11.7. The molecule has 1 atom stereocenters. The Bertz CT molecular complexity index is 261. The van der Waals surface area contributed by atoms with E-state index in [0.717, 1.165) is 12.8 Å². The van der Waals surface area contributed by atoms with Crippen molar-refractivity contribution >= 4 is 11.8 Å². The van der Waals surface area contributed by atoms with Gasteiger partial charge in [0.25, 0.3) is 0 Å². The van der Waals surface area contributed by atoms with E-state index in [2.05, 4.69) is 0 Å². The van der Waals surface area contributed by atoms with Crippen molar-refractivity contribution in [1.29, 1.82) is 0 Å². The molecule has 0 aliphatic carbocycles. The molecule has 0 bridgehead atoms. The SMILES string of the molecule is CCC(CC)OC(=O)C[C@H](O)C(=O)C(C)(C)C. The third kappa shape index (κ3) is 5.82. The van der Waals surface area contributed by atoms with E-state index in [1.54, 1.807) is 20.8 Å². The fraction of sp³-hybridized carbons (Fsp3) is 0.846. The molecule has 4 nitrogen and oxygen atoms in total. The van der Waals surface area contributed by atoms with E-state index in [1.165, 1.54) is 0 Å². The van der Waals surface area contributed by atoms with Crippen LogP contribution < -0.4 is 0 Å². The van der Waals surface area contributed by atoms with Gasteiger partial charge < -0.3 is 9.84 Å². The summed E-state index contributed by atoms with van der Waals surface area (Å²) in [5.74, 6) is -0.845. The lowest BCUT2D eigenvalue weighted by Gasteiger charge is -2.21. The van der Waals surface area contributed by atoms with Gasteiger partial charge in [0.2, 0.25) is 0 Å². The van der Waals surface area contributed by atoms with Crippen LogP contribution in [-0.4, -0.2) is 29.1 Å². The Balaban J connectivity index is 4.26. The number of carbonyl (C=O) groups excluding carboxylic acids is 2. The number of rotatable bonds is 6. The second kappa shape index (κ2) is 6.74. The van der Waals surface area contributed by atoms with Gasteiger partial charge in [-0.2, -0.15) is 0 Å². The summed E-state index contributed by atoms with van der Waals surface area (Å²) in [5, 5.41) is 9.63. The summed E-state index contributed by atoms with van der Waals surface area (Å²) in [4.78, 5) is 23.1. The first-order chi connectivity index (χ1) is 7.72. The van der Waals surface area contributed by atoms with E-state index >= 15 is 0 Å². The molecule has 0 rings (SSSR count). The lowest BCUT2D eigenvalue weighted by molar-refractivity contribution is -0.155. The van der Waals surface area contributed by atoms with Gasteiger partial charge in [0.15, 0.2) is 5.78 Å². The molecule has 0 saturated carbocycles. The van der Waals surface area contributed by atoms with Crippen LogP contribution >= 0.6 is 0 Å². The number of Topliss-reactive ketones (excluding diaryl/α,β-unsaturated/α-hetero) is 1. The highest BCUT2D eigenvalue weighted by molar-refractivity contribution is 5.90. The molecule has 17 heavy (non-hydrogen) atoms. The van der Waals surface area contributed by atoms with Crippen LogP contribution in [0.25, 0.3) is 0 Å². The summed E-state index contributed by atoms with van der Waals surface area (Å²) >= 11 is 0. The minimum Gasteiger partial charge on any atom is -0.462 e. The number of carbonyl (C=O) groups is 2. The predicted octanol–water partition coefficient (Wildman–Crippen LogP) is 2.08. The third-order valence-corrected chi connectivity index (χ3v) is 2.61. The molecule has 0 heterocycles. The second-order valence-corrected chi connectivity index (χ2v) is 5.26. The number of hydrogen-bond acceptors (Lipinski definition) is 4. The summed E-state index contributed by atoms with van der Waals surface area (Å²) in [6, 6.07) is 0. The van der Waals surface area contributed by atoms with E-state index in [1.807, 2.05) is 13.8 Å². The number of ether oxygens (including phenoxy) is 1. The summed E-state index contributed by atoms with van der Waals surface area (Å²) in [6.45, 7) is 9.00. The quantitative estimate of drug-likeness (QED) is 0.727. The van der Waals surface area contributed by atoms with Crippen LogP contribution in [0.2, 0.25) is 0 Å². The Morgan fingerprint density at radius 3 is 2.00 bits per heavy atom. The number of aliphatic hydroxyl groups is 1. The first kappa shape index (κ1) is 16.1. The molecule has 0 saturated heterocycles. The van der Waals surface area contributed by atoms with Crippen LogP contribution in [0.3, 0.4) is 0 Å². The highest BCUT2D eigenvalue weighted by Crippen LogP contribution is 2.18. The van der Waals surface area contributed by atoms with Crippen molar-refractivity contribution in [2.75, 3.05) is 0 Å². The first-order valence-corrected chi connectivity index (χ1v) is 6.14. The minimum absolute atomic E-state index is 0.126. The van der Waals surface area contributed by atoms with Crippen molar-refractivity contribution < 1.29 is 19.4 Å². The van der Waals surface area contributed by atoms with Gasteiger partial charge in [-0.15, -0.1) is 0 Å². The molecule has 0 spiro atoms. The average Bonchev–Trinajstić information content (AvgIpc) is 2.23. The fourth-order valence-electron chi connectivity index (χ4n) is 1.44. The summed E-state index contributed by atoms with van der Waals surface area (Å²) in [7, 11) is 0. The van der Waals surface area contributed by atoms with Crippen molar-refractivity contribution in [2.45, 2.75) is 66.1 Å². The molecule has 100 valence electrons. The zero-order chi connectivity index (χ0) is 13.6. The van der Waals surface area contributed by atoms with Gasteiger partial charge in [0, 0.05) is 5.41 Å². The van der Waals surface area contributed by atoms with Crippen LogP contribution in [-0.2, 0) is 14.3 Å². The molecule has 1 N–H and O–H groups in total. The van der Waals surface area contributed by atoms with Crippen molar-refractivity contribution in [3.63, 3.8) is 0 Å². The normalized spacial score (nSPS) is 13.6. The highest BCUT2D eigenvalue weighted by atomic mass is 16.5. The van der Waals surface area contributed by atoms with Crippen LogP contribution in [0.5, 0.6) is 0 Å². The Labute approximate surface area is 103 Å². The minimum atomic E-state index is -1.27. The molecule has 0 aromatic carbocycles. The molecule has 0 aromatic heterocycles. The van der Waals surface area contributed by atoms with E-state index in [4.69, 9.17) is 4.74 Å². The van der Waals surface area contributed by atoms with Crippen molar-refractivity contribution in [2.24, 2.45) is 5.41 Å². The Morgan fingerprint density at radius 2 is 1.65 bits per heavy atom. The molecule has 0 aliphatic rings. The van der Waals surface area contributed by atoms with Gasteiger partial charge >= 0.3 is 5.97 Å². The maximum Gasteiger partial charge on any atom is 0.309 e. The number of esters is 1. The van der Waals surface area contributed by atoms with Gasteiger partial charge in [-0.1, -0.05) is 34.6 Å². The van der Waals surface area contributed by atoms with Gasteiger partial charge in [-0.25, -0.2) is 0 Å².